The lowest BCUT2D eigenvalue weighted by atomic mass is 10.1. The molecular formula is C15H14INO2. The second kappa shape index (κ2) is 5.61. The molecule has 0 saturated carbocycles. The van der Waals surface area contributed by atoms with Crippen molar-refractivity contribution < 1.29 is 9.90 Å². The van der Waals surface area contributed by atoms with Gasteiger partial charge in [0.05, 0.1) is 11.3 Å². The number of carboxylic acid groups (broad SMARTS) is 1. The highest BCUT2D eigenvalue weighted by Gasteiger charge is 2.10. The smallest absolute Gasteiger partial charge is 0.337 e. The lowest BCUT2D eigenvalue weighted by Crippen LogP contribution is -2.03. The monoisotopic (exact) mass is 367 g/mol. The van der Waals surface area contributed by atoms with Crippen molar-refractivity contribution in [1.29, 1.82) is 0 Å². The summed E-state index contributed by atoms with van der Waals surface area (Å²) in [5.74, 6) is -0.923. The molecule has 0 spiro atoms. The zero-order valence-corrected chi connectivity index (χ0v) is 12.9. The number of hydrogen-bond donors (Lipinski definition) is 2. The molecule has 2 N–H and O–H groups in total. The minimum Gasteiger partial charge on any atom is -0.478 e. The van der Waals surface area contributed by atoms with Crippen molar-refractivity contribution in [2.45, 2.75) is 13.8 Å². The molecule has 0 aliphatic carbocycles. The number of rotatable bonds is 3. The van der Waals surface area contributed by atoms with Crippen LogP contribution >= 0.6 is 22.6 Å². The normalized spacial score (nSPS) is 10.3. The highest BCUT2D eigenvalue weighted by atomic mass is 127. The van der Waals surface area contributed by atoms with Crippen LogP contribution in [0, 0.1) is 17.4 Å². The third-order valence-corrected chi connectivity index (χ3v) is 4.02. The minimum absolute atomic E-state index is 0.288. The van der Waals surface area contributed by atoms with E-state index in [0.29, 0.717) is 5.69 Å². The summed E-state index contributed by atoms with van der Waals surface area (Å²) in [6.07, 6.45) is 0. The number of carbonyl (C=O) groups is 1. The van der Waals surface area contributed by atoms with Gasteiger partial charge < -0.3 is 10.4 Å². The topological polar surface area (TPSA) is 49.3 Å². The number of anilines is 2. The van der Waals surface area contributed by atoms with Gasteiger partial charge in [0.1, 0.15) is 0 Å². The molecule has 0 radical (unpaired) electrons. The summed E-state index contributed by atoms with van der Waals surface area (Å²) in [5.41, 5.74) is 3.92. The van der Waals surface area contributed by atoms with Gasteiger partial charge in [-0.25, -0.2) is 4.79 Å². The maximum absolute atomic E-state index is 11.2. The van der Waals surface area contributed by atoms with Crippen LogP contribution in [0.1, 0.15) is 21.5 Å². The van der Waals surface area contributed by atoms with Crippen LogP contribution in [-0.4, -0.2) is 11.1 Å². The van der Waals surface area contributed by atoms with Crippen LogP contribution in [0.15, 0.2) is 36.4 Å². The Kier molecular flexibility index (Phi) is 4.09. The van der Waals surface area contributed by atoms with Crippen molar-refractivity contribution in [3.05, 3.63) is 56.7 Å². The van der Waals surface area contributed by atoms with Gasteiger partial charge >= 0.3 is 5.97 Å². The average molecular weight is 367 g/mol. The number of carboxylic acids is 1. The Labute approximate surface area is 125 Å². The molecule has 0 aromatic heterocycles. The molecule has 0 saturated heterocycles. The first-order valence-corrected chi connectivity index (χ1v) is 6.92. The molecule has 0 aliphatic rings. The number of hydrogen-bond acceptors (Lipinski definition) is 2. The van der Waals surface area contributed by atoms with Gasteiger partial charge in [0, 0.05) is 9.26 Å². The molecule has 98 valence electrons. The van der Waals surface area contributed by atoms with Crippen LogP contribution in [0.4, 0.5) is 11.4 Å². The average Bonchev–Trinajstić information content (AvgIpc) is 2.36. The first-order valence-electron chi connectivity index (χ1n) is 5.84. The maximum Gasteiger partial charge on any atom is 0.337 e. The Balaban J connectivity index is 2.37. The van der Waals surface area contributed by atoms with E-state index >= 15 is 0 Å². The van der Waals surface area contributed by atoms with Crippen molar-refractivity contribution in [3.8, 4) is 0 Å². The Hall–Kier alpha value is -1.56. The molecule has 4 heteroatoms. The molecule has 0 aliphatic heterocycles. The van der Waals surface area contributed by atoms with Crippen molar-refractivity contribution >= 4 is 39.9 Å². The van der Waals surface area contributed by atoms with Crippen LogP contribution in [0.5, 0.6) is 0 Å². The van der Waals surface area contributed by atoms with Crippen molar-refractivity contribution in [1.82, 2.24) is 0 Å². The number of aromatic carboxylic acids is 1. The molecule has 2 rings (SSSR count). The van der Waals surface area contributed by atoms with E-state index in [1.54, 1.807) is 12.1 Å². The van der Waals surface area contributed by atoms with Gasteiger partial charge in [-0.2, -0.15) is 0 Å². The molecule has 0 amide bonds. The van der Waals surface area contributed by atoms with Gasteiger partial charge in [-0.05, 0) is 66.3 Å². The van der Waals surface area contributed by atoms with Crippen molar-refractivity contribution in [2.75, 3.05) is 5.32 Å². The van der Waals surface area contributed by atoms with Crippen LogP contribution < -0.4 is 5.32 Å². The second-order valence-electron chi connectivity index (χ2n) is 4.44. The summed E-state index contributed by atoms with van der Waals surface area (Å²) in [6.45, 7) is 3.92. The summed E-state index contributed by atoms with van der Waals surface area (Å²) < 4.78 is 1.14. The molecule has 0 atom stereocenters. The second-order valence-corrected chi connectivity index (χ2v) is 5.61. The number of nitrogens with one attached hydrogen (secondary N) is 1. The van der Waals surface area contributed by atoms with Crippen molar-refractivity contribution in [3.63, 3.8) is 0 Å². The molecule has 19 heavy (non-hydrogen) atoms. The van der Waals surface area contributed by atoms with E-state index in [4.69, 9.17) is 0 Å². The standard InChI is InChI=1S/C15H14INO2/c1-9-3-6-14(12(7-9)15(18)19)17-11-5-4-10(2)13(16)8-11/h3-8,17H,1-2H3,(H,18,19). The zero-order chi connectivity index (χ0) is 14.0. The van der Waals surface area contributed by atoms with E-state index in [-0.39, 0.29) is 5.56 Å². The molecule has 2 aromatic carbocycles. The van der Waals surface area contributed by atoms with Gasteiger partial charge in [-0.1, -0.05) is 17.7 Å². The third kappa shape index (κ3) is 3.26. The number of halogens is 1. The summed E-state index contributed by atoms with van der Waals surface area (Å²) in [6, 6.07) is 11.3. The fourth-order valence-corrected chi connectivity index (χ4v) is 2.29. The SMILES string of the molecule is Cc1ccc(Nc2ccc(C)c(I)c2)c(C(=O)O)c1. The summed E-state index contributed by atoms with van der Waals surface area (Å²) in [7, 11) is 0. The van der Waals surface area contributed by atoms with Gasteiger partial charge in [-0.15, -0.1) is 0 Å². The Bertz CT molecular complexity index is 638. The Morgan fingerprint density at radius 2 is 1.89 bits per heavy atom. The van der Waals surface area contributed by atoms with Crippen LogP contribution in [-0.2, 0) is 0 Å². The molecule has 3 nitrogen and oxygen atoms in total. The number of aryl methyl sites for hydroxylation is 2. The fraction of sp³-hybridized carbons (Fsp3) is 0.133. The van der Waals surface area contributed by atoms with Gasteiger partial charge in [0.25, 0.3) is 0 Å². The number of benzene rings is 2. The van der Waals surface area contributed by atoms with Gasteiger partial charge in [0.2, 0.25) is 0 Å². The molecule has 0 bridgehead atoms. The highest BCUT2D eigenvalue weighted by molar-refractivity contribution is 14.1. The third-order valence-electron chi connectivity index (χ3n) is 2.86. The summed E-state index contributed by atoms with van der Waals surface area (Å²) in [4.78, 5) is 11.2. The van der Waals surface area contributed by atoms with E-state index < -0.39 is 5.97 Å². The highest BCUT2D eigenvalue weighted by Crippen LogP contribution is 2.24. The first-order chi connectivity index (χ1) is 8.97. The maximum atomic E-state index is 11.2. The van der Waals surface area contributed by atoms with Crippen molar-refractivity contribution in [2.24, 2.45) is 0 Å². The molecule has 0 unspecified atom stereocenters. The zero-order valence-electron chi connectivity index (χ0n) is 10.7. The Morgan fingerprint density at radius 1 is 1.16 bits per heavy atom. The van der Waals surface area contributed by atoms with Crippen LogP contribution in [0.25, 0.3) is 0 Å². The Morgan fingerprint density at radius 3 is 2.53 bits per heavy atom. The summed E-state index contributed by atoms with van der Waals surface area (Å²) in [5, 5.41) is 12.4. The van der Waals surface area contributed by atoms with Gasteiger partial charge in [0.15, 0.2) is 0 Å². The predicted molar refractivity (Wildman–Crippen MR) is 85.3 cm³/mol. The van der Waals surface area contributed by atoms with Crippen LogP contribution in [0.3, 0.4) is 0 Å². The largest absolute Gasteiger partial charge is 0.478 e. The van der Waals surface area contributed by atoms with E-state index in [0.717, 1.165) is 14.8 Å². The van der Waals surface area contributed by atoms with E-state index in [9.17, 15) is 9.90 Å². The van der Waals surface area contributed by atoms with Crippen LogP contribution in [0.2, 0.25) is 0 Å². The molecular weight excluding hydrogens is 353 g/mol. The van der Waals surface area contributed by atoms with E-state index in [1.807, 2.05) is 38.1 Å². The molecule has 0 fully saturated rings. The van der Waals surface area contributed by atoms with Gasteiger partial charge in [-0.3, -0.25) is 0 Å². The lowest BCUT2D eigenvalue weighted by Gasteiger charge is -2.11. The van der Waals surface area contributed by atoms with E-state index in [1.165, 1.54) is 5.56 Å². The predicted octanol–water partition coefficient (Wildman–Crippen LogP) is 4.35. The first kappa shape index (κ1) is 13.9. The lowest BCUT2D eigenvalue weighted by molar-refractivity contribution is 0.0698. The quantitative estimate of drug-likeness (QED) is 0.793. The summed E-state index contributed by atoms with van der Waals surface area (Å²) >= 11 is 2.26. The fourth-order valence-electron chi connectivity index (χ4n) is 1.77. The molecule has 2 aromatic rings. The minimum atomic E-state index is -0.923. The van der Waals surface area contributed by atoms with E-state index in [2.05, 4.69) is 27.9 Å². The molecule has 0 heterocycles.